The summed E-state index contributed by atoms with van der Waals surface area (Å²) in [5.74, 6) is 0.549. The maximum Gasteiger partial charge on any atom is 0.278 e. The molecule has 0 bridgehead atoms. The normalized spacial score (nSPS) is 22.9. The number of carbonyl (C=O) groups is 2. The minimum atomic E-state index is -0.0793. The standard InChI is InChI=1S/C23H30N2O2/c1-16-8-10-18(11-9-16)20-21(24-14-12-17(2)13-15-24)23(27)25(22(20)26)19-6-4-3-5-7-19/h8-11,17,19H,3-7,12-15H2,1-2H3. The Labute approximate surface area is 162 Å². The van der Waals surface area contributed by atoms with Crippen LogP contribution in [0.3, 0.4) is 0 Å². The number of carbonyl (C=O) groups excluding carboxylic acids is 2. The van der Waals surface area contributed by atoms with E-state index in [0.717, 1.165) is 62.7 Å². The molecule has 27 heavy (non-hydrogen) atoms. The van der Waals surface area contributed by atoms with Crippen molar-refractivity contribution in [3.8, 4) is 0 Å². The van der Waals surface area contributed by atoms with Gasteiger partial charge in [-0.2, -0.15) is 0 Å². The first-order valence-corrected chi connectivity index (χ1v) is 10.5. The van der Waals surface area contributed by atoms with Gasteiger partial charge in [-0.05, 0) is 44.1 Å². The zero-order valence-electron chi connectivity index (χ0n) is 16.5. The van der Waals surface area contributed by atoms with Gasteiger partial charge in [0, 0.05) is 19.1 Å². The molecule has 144 valence electrons. The Morgan fingerprint density at radius 2 is 1.48 bits per heavy atom. The largest absolute Gasteiger partial charge is 0.366 e. The Balaban J connectivity index is 1.73. The third kappa shape index (κ3) is 3.42. The predicted octanol–water partition coefficient (Wildman–Crippen LogP) is 4.14. The molecular weight excluding hydrogens is 336 g/mol. The molecule has 1 aromatic carbocycles. The van der Waals surface area contributed by atoms with Crippen molar-refractivity contribution in [2.45, 2.75) is 64.8 Å². The second kappa shape index (κ2) is 7.49. The molecule has 2 aliphatic heterocycles. The zero-order valence-corrected chi connectivity index (χ0v) is 16.5. The van der Waals surface area contributed by atoms with Crippen LogP contribution >= 0.6 is 0 Å². The van der Waals surface area contributed by atoms with Crippen LogP contribution in [0, 0.1) is 12.8 Å². The summed E-state index contributed by atoms with van der Waals surface area (Å²) >= 11 is 0. The van der Waals surface area contributed by atoms with Crippen molar-refractivity contribution >= 4 is 17.4 Å². The second-order valence-electron chi connectivity index (χ2n) is 8.53. The van der Waals surface area contributed by atoms with Crippen LogP contribution in [-0.2, 0) is 9.59 Å². The third-order valence-electron chi connectivity index (χ3n) is 6.47. The number of hydrogen-bond acceptors (Lipinski definition) is 3. The number of imide groups is 1. The average Bonchev–Trinajstić information content (AvgIpc) is 2.94. The molecular formula is C23H30N2O2. The first kappa shape index (κ1) is 18.3. The highest BCUT2D eigenvalue weighted by Crippen LogP contribution is 2.37. The van der Waals surface area contributed by atoms with Crippen molar-refractivity contribution in [3.63, 3.8) is 0 Å². The Morgan fingerprint density at radius 1 is 0.852 bits per heavy atom. The molecule has 0 aromatic heterocycles. The molecule has 0 atom stereocenters. The van der Waals surface area contributed by atoms with E-state index < -0.39 is 0 Å². The van der Waals surface area contributed by atoms with E-state index in [9.17, 15) is 9.59 Å². The highest BCUT2D eigenvalue weighted by Gasteiger charge is 2.45. The maximum absolute atomic E-state index is 13.5. The number of benzene rings is 1. The summed E-state index contributed by atoms with van der Waals surface area (Å²) < 4.78 is 0. The molecule has 3 aliphatic rings. The molecule has 4 rings (SSSR count). The Bertz CT molecular complexity index is 751. The van der Waals surface area contributed by atoms with E-state index in [0.29, 0.717) is 17.2 Å². The molecule has 0 unspecified atom stereocenters. The molecule has 1 saturated carbocycles. The summed E-state index contributed by atoms with van der Waals surface area (Å²) in [5, 5.41) is 0. The number of amides is 2. The second-order valence-corrected chi connectivity index (χ2v) is 8.53. The topological polar surface area (TPSA) is 40.6 Å². The van der Waals surface area contributed by atoms with Gasteiger partial charge in [0.05, 0.1) is 5.57 Å². The van der Waals surface area contributed by atoms with Crippen molar-refractivity contribution in [2.24, 2.45) is 5.92 Å². The lowest BCUT2D eigenvalue weighted by molar-refractivity contribution is -0.141. The van der Waals surface area contributed by atoms with Gasteiger partial charge in [-0.15, -0.1) is 0 Å². The number of hydrogen-bond donors (Lipinski definition) is 0. The van der Waals surface area contributed by atoms with E-state index >= 15 is 0 Å². The predicted molar refractivity (Wildman–Crippen MR) is 107 cm³/mol. The zero-order chi connectivity index (χ0) is 19.0. The van der Waals surface area contributed by atoms with Crippen molar-refractivity contribution < 1.29 is 9.59 Å². The highest BCUT2D eigenvalue weighted by molar-refractivity contribution is 6.35. The van der Waals surface area contributed by atoms with Crippen LogP contribution in [0.15, 0.2) is 30.0 Å². The van der Waals surface area contributed by atoms with Gasteiger partial charge in [0.15, 0.2) is 0 Å². The van der Waals surface area contributed by atoms with Crippen molar-refractivity contribution in [3.05, 3.63) is 41.1 Å². The van der Waals surface area contributed by atoms with Gasteiger partial charge in [-0.3, -0.25) is 14.5 Å². The lowest BCUT2D eigenvalue weighted by atomic mass is 9.94. The van der Waals surface area contributed by atoms with Crippen LogP contribution in [0.4, 0.5) is 0 Å². The summed E-state index contributed by atoms with van der Waals surface area (Å²) in [6.07, 6.45) is 7.48. The van der Waals surface area contributed by atoms with Crippen LogP contribution < -0.4 is 0 Å². The fraction of sp³-hybridized carbons (Fsp3) is 0.565. The monoisotopic (exact) mass is 366 g/mol. The minimum Gasteiger partial charge on any atom is -0.366 e. The van der Waals surface area contributed by atoms with Gasteiger partial charge in [0.2, 0.25) is 0 Å². The van der Waals surface area contributed by atoms with E-state index in [1.54, 1.807) is 4.90 Å². The number of likely N-dealkylation sites (tertiary alicyclic amines) is 1. The van der Waals surface area contributed by atoms with Gasteiger partial charge in [-0.1, -0.05) is 56.0 Å². The third-order valence-corrected chi connectivity index (χ3v) is 6.47. The van der Waals surface area contributed by atoms with E-state index in [4.69, 9.17) is 0 Å². The number of nitrogens with zero attached hydrogens (tertiary/aromatic N) is 2. The van der Waals surface area contributed by atoms with Crippen LogP contribution in [0.25, 0.3) is 5.57 Å². The Hall–Kier alpha value is -2.10. The minimum absolute atomic E-state index is 0.0583. The fourth-order valence-electron chi connectivity index (χ4n) is 4.71. The number of piperidine rings is 1. The van der Waals surface area contributed by atoms with E-state index in [1.165, 1.54) is 6.42 Å². The van der Waals surface area contributed by atoms with Gasteiger partial charge in [-0.25, -0.2) is 0 Å². The fourth-order valence-corrected chi connectivity index (χ4v) is 4.71. The smallest absolute Gasteiger partial charge is 0.278 e. The lowest BCUT2D eigenvalue weighted by Crippen LogP contribution is -2.44. The van der Waals surface area contributed by atoms with Crippen LogP contribution in [-0.4, -0.2) is 40.7 Å². The molecule has 4 nitrogen and oxygen atoms in total. The van der Waals surface area contributed by atoms with Gasteiger partial charge >= 0.3 is 0 Å². The van der Waals surface area contributed by atoms with Crippen LogP contribution in [0.1, 0.15) is 63.0 Å². The SMILES string of the molecule is Cc1ccc(C2=C(N3CCC(C)CC3)C(=O)N(C3CCCCC3)C2=O)cc1. The van der Waals surface area contributed by atoms with Crippen molar-refractivity contribution in [1.29, 1.82) is 0 Å². The van der Waals surface area contributed by atoms with Gasteiger partial charge in [0.1, 0.15) is 5.70 Å². The van der Waals surface area contributed by atoms with Gasteiger partial charge in [0.25, 0.3) is 11.8 Å². The summed E-state index contributed by atoms with van der Waals surface area (Å²) in [6, 6.07) is 8.11. The first-order chi connectivity index (χ1) is 13.1. The maximum atomic E-state index is 13.5. The average molecular weight is 367 g/mol. The summed E-state index contributed by atoms with van der Waals surface area (Å²) in [6.45, 7) is 6.04. The quantitative estimate of drug-likeness (QED) is 0.755. The molecule has 0 N–H and O–H groups in total. The molecule has 1 aromatic rings. The molecule has 2 amide bonds. The van der Waals surface area contributed by atoms with Crippen LogP contribution in [0.2, 0.25) is 0 Å². The van der Waals surface area contributed by atoms with E-state index in [-0.39, 0.29) is 17.9 Å². The summed E-state index contributed by atoms with van der Waals surface area (Å²) in [7, 11) is 0. The molecule has 0 spiro atoms. The molecule has 1 aliphatic carbocycles. The molecule has 2 fully saturated rings. The van der Waals surface area contributed by atoms with E-state index in [2.05, 4.69) is 11.8 Å². The van der Waals surface area contributed by atoms with Crippen molar-refractivity contribution in [1.82, 2.24) is 9.80 Å². The summed E-state index contributed by atoms with van der Waals surface area (Å²) in [5.41, 5.74) is 3.32. The Morgan fingerprint density at radius 3 is 2.11 bits per heavy atom. The number of aryl methyl sites for hydroxylation is 1. The van der Waals surface area contributed by atoms with Gasteiger partial charge < -0.3 is 4.90 Å². The van der Waals surface area contributed by atoms with E-state index in [1.807, 2.05) is 31.2 Å². The summed E-state index contributed by atoms with van der Waals surface area (Å²) in [4.78, 5) is 30.7. The molecule has 2 heterocycles. The Kier molecular flexibility index (Phi) is 5.07. The van der Waals surface area contributed by atoms with Crippen molar-refractivity contribution in [2.75, 3.05) is 13.1 Å². The first-order valence-electron chi connectivity index (χ1n) is 10.5. The molecule has 0 radical (unpaired) electrons. The molecule has 1 saturated heterocycles. The molecule has 4 heteroatoms. The highest BCUT2D eigenvalue weighted by atomic mass is 16.2. The number of rotatable bonds is 3. The lowest BCUT2D eigenvalue weighted by Gasteiger charge is -2.34. The van der Waals surface area contributed by atoms with Crippen LogP contribution in [0.5, 0.6) is 0 Å².